The third-order valence-electron chi connectivity index (χ3n) is 1.98. The number of ether oxygens (including phenoxy) is 1. The lowest BCUT2D eigenvalue weighted by molar-refractivity contribution is -0.233. The normalized spacial score (nSPS) is 19.4. The van der Waals surface area contributed by atoms with Crippen LogP contribution in [0.1, 0.15) is 0 Å². The van der Waals surface area contributed by atoms with Crippen molar-refractivity contribution in [1.82, 2.24) is 0 Å². The smallest absolute Gasteiger partial charge is 0.360 e. The van der Waals surface area contributed by atoms with E-state index in [9.17, 15) is 35.1 Å². The summed E-state index contributed by atoms with van der Waals surface area (Å²) in [5, 5.41) is 0. The van der Waals surface area contributed by atoms with Crippen LogP contribution in [-0.2, 0) is 4.74 Å². The van der Waals surface area contributed by atoms with E-state index >= 15 is 0 Å². The van der Waals surface area contributed by atoms with E-state index in [1.807, 2.05) is 0 Å². The molecular formula is C10H10F8O. The molecule has 0 radical (unpaired) electrons. The van der Waals surface area contributed by atoms with Crippen molar-refractivity contribution in [2.45, 2.75) is 36.9 Å². The zero-order valence-electron chi connectivity index (χ0n) is 9.31. The van der Waals surface area contributed by atoms with E-state index in [1.165, 1.54) is 0 Å². The molecule has 112 valence electrons. The van der Waals surface area contributed by atoms with E-state index in [1.54, 1.807) is 0 Å². The van der Waals surface area contributed by atoms with Crippen molar-refractivity contribution in [3.63, 3.8) is 0 Å². The molecule has 0 aromatic heterocycles. The van der Waals surface area contributed by atoms with Gasteiger partial charge in [0.2, 0.25) is 12.3 Å². The predicted molar refractivity (Wildman–Crippen MR) is 51.0 cm³/mol. The Hall–Kier alpha value is -1.12. The minimum atomic E-state index is -5.37. The van der Waals surface area contributed by atoms with Crippen LogP contribution in [0.5, 0.6) is 0 Å². The highest BCUT2D eigenvalue weighted by Crippen LogP contribution is 2.31. The van der Waals surface area contributed by atoms with Crippen molar-refractivity contribution in [2.75, 3.05) is 0 Å². The van der Waals surface area contributed by atoms with Crippen LogP contribution in [0.4, 0.5) is 35.1 Å². The molecule has 0 aromatic rings. The first-order valence-electron chi connectivity index (χ1n) is 4.77. The van der Waals surface area contributed by atoms with Gasteiger partial charge in [-0.2, -0.15) is 26.3 Å². The lowest BCUT2D eigenvalue weighted by Gasteiger charge is -2.27. The quantitative estimate of drug-likeness (QED) is 0.533. The number of halogens is 8. The fourth-order valence-electron chi connectivity index (χ4n) is 1.04. The molecule has 0 heterocycles. The van der Waals surface area contributed by atoms with E-state index in [0.717, 1.165) is 0 Å². The van der Waals surface area contributed by atoms with E-state index in [-0.39, 0.29) is 0 Å². The standard InChI is InChI=1S/C10H10F8O/c1-3-5(7(11)9(13,14)15)19-6(4-2)8(12)10(16,17)18/h3-8H,1-2H2. The average Bonchev–Trinajstić information content (AvgIpc) is 2.26. The number of hydrogen-bond acceptors (Lipinski definition) is 1. The molecule has 0 aromatic carbocycles. The van der Waals surface area contributed by atoms with Gasteiger partial charge in [-0.3, -0.25) is 0 Å². The molecule has 0 N–H and O–H groups in total. The van der Waals surface area contributed by atoms with Gasteiger partial charge in [-0.1, -0.05) is 12.2 Å². The van der Waals surface area contributed by atoms with Crippen LogP contribution in [0.2, 0.25) is 0 Å². The van der Waals surface area contributed by atoms with Crippen molar-refractivity contribution < 1.29 is 39.9 Å². The molecule has 0 bridgehead atoms. The number of rotatable bonds is 6. The van der Waals surface area contributed by atoms with Crippen LogP contribution in [0, 0.1) is 0 Å². The highest BCUT2D eigenvalue weighted by atomic mass is 19.4. The maximum Gasteiger partial charge on any atom is 0.422 e. The lowest BCUT2D eigenvalue weighted by atomic mass is 10.1. The molecule has 0 amide bonds. The topological polar surface area (TPSA) is 9.23 Å². The van der Waals surface area contributed by atoms with E-state index in [2.05, 4.69) is 17.9 Å². The van der Waals surface area contributed by atoms with E-state index < -0.39 is 36.9 Å². The summed E-state index contributed by atoms with van der Waals surface area (Å²) in [5.41, 5.74) is 0. The van der Waals surface area contributed by atoms with Gasteiger partial charge >= 0.3 is 12.4 Å². The monoisotopic (exact) mass is 298 g/mol. The fraction of sp³-hybridized carbons (Fsp3) is 0.600. The average molecular weight is 298 g/mol. The Labute approximate surface area is 103 Å². The molecule has 4 atom stereocenters. The van der Waals surface area contributed by atoms with Crippen LogP contribution in [0.15, 0.2) is 25.3 Å². The van der Waals surface area contributed by atoms with Gasteiger partial charge in [0.1, 0.15) is 12.2 Å². The first-order valence-corrected chi connectivity index (χ1v) is 4.77. The molecule has 0 saturated heterocycles. The molecule has 0 aliphatic carbocycles. The van der Waals surface area contributed by atoms with E-state index in [0.29, 0.717) is 12.2 Å². The van der Waals surface area contributed by atoms with Gasteiger partial charge in [-0.05, 0) is 0 Å². The van der Waals surface area contributed by atoms with Crippen LogP contribution >= 0.6 is 0 Å². The highest BCUT2D eigenvalue weighted by Gasteiger charge is 2.49. The Balaban J connectivity index is 4.95. The van der Waals surface area contributed by atoms with Gasteiger partial charge in [0.05, 0.1) is 0 Å². The maximum absolute atomic E-state index is 12.9. The largest absolute Gasteiger partial charge is 0.422 e. The Morgan fingerprint density at radius 1 is 0.737 bits per heavy atom. The van der Waals surface area contributed by atoms with Gasteiger partial charge in [-0.25, -0.2) is 8.78 Å². The molecule has 0 aliphatic heterocycles. The summed E-state index contributed by atoms with van der Waals surface area (Å²) in [4.78, 5) is 0. The molecular weight excluding hydrogens is 288 g/mol. The molecule has 0 rings (SSSR count). The van der Waals surface area contributed by atoms with Crippen molar-refractivity contribution >= 4 is 0 Å². The van der Waals surface area contributed by atoms with Crippen LogP contribution < -0.4 is 0 Å². The summed E-state index contributed by atoms with van der Waals surface area (Å²) >= 11 is 0. The summed E-state index contributed by atoms with van der Waals surface area (Å²) in [6, 6.07) is 0. The minimum Gasteiger partial charge on any atom is -0.360 e. The summed E-state index contributed by atoms with van der Waals surface area (Å²) < 4.78 is 102. The fourth-order valence-corrected chi connectivity index (χ4v) is 1.04. The Kier molecular flexibility index (Phi) is 5.98. The second-order valence-corrected chi connectivity index (χ2v) is 3.42. The van der Waals surface area contributed by atoms with E-state index in [4.69, 9.17) is 0 Å². The third kappa shape index (κ3) is 5.17. The second-order valence-electron chi connectivity index (χ2n) is 3.42. The number of alkyl halides is 8. The zero-order valence-corrected chi connectivity index (χ0v) is 9.31. The highest BCUT2D eigenvalue weighted by molar-refractivity contribution is 4.96. The molecule has 9 heteroatoms. The summed E-state index contributed by atoms with van der Waals surface area (Å²) in [5.74, 6) is 0. The predicted octanol–water partition coefficient (Wildman–Crippen LogP) is 3.91. The Morgan fingerprint density at radius 2 is 1.00 bits per heavy atom. The van der Waals surface area contributed by atoms with Gasteiger partial charge in [0.15, 0.2) is 0 Å². The van der Waals surface area contributed by atoms with Crippen LogP contribution in [0.3, 0.4) is 0 Å². The first kappa shape index (κ1) is 17.9. The Bertz CT molecular complexity index is 278. The Morgan fingerprint density at radius 3 is 1.16 bits per heavy atom. The van der Waals surface area contributed by atoms with Crippen molar-refractivity contribution in [2.24, 2.45) is 0 Å². The van der Waals surface area contributed by atoms with Crippen LogP contribution in [0.25, 0.3) is 0 Å². The maximum atomic E-state index is 12.9. The first-order chi connectivity index (χ1) is 8.45. The SMILES string of the molecule is C=CC(OC(C=C)C(F)C(F)(F)F)C(F)C(F)(F)F. The molecule has 0 aliphatic rings. The van der Waals surface area contributed by atoms with Gasteiger partial charge in [0.25, 0.3) is 0 Å². The lowest BCUT2D eigenvalue weighted by Crippen LogP contribution is -2.43. The van der Waals surface area contributed by atoms with Crippen molar-refractivity contribution in [3.05, 3.63) is 25.3 Å². The van der Waals surface area contributed by atoms with Gasteiger partial charge in [0, 0.05) is 0 Å². The second kappa shape index (κ2) is 6.36. The molecule has 0 spiro atoms. The summed E-state index contributed by atoms with van der Waals surface area (Å²) in [6.07, 6.45) is -22.3. The molecule has 0 fully saturated rings. The van der Waals surface area contributed by atoms with Crippen molar-refractivity contribution in [3.8, 4) is 0 Å². The number of hydrogen-bond donors (Lipinski definition) is 0. The minimum absolute atomic E-state index is 0.303. The van der Waals surface area contributed by atoms with Gasteiger partial charge < -0.3 is 4.74 Å². The third-order valence-corrected chi connectivity index (χ3v) is 1.98. The molecule has 4 unspecified atom stereocenters. The summed E-state index contributed by atoms with van der Waals surface area (Å²) in [7, 11) is 0. The molecule has 1 nitrogen and oxygen atoms in total. The van der Waals surface area contributed by atoms with Gasteiger partial charge in [-0.15, -0.1) is 13.2 Å². The molecule has 19 heavy (non-hydrogen) atoms. The van der Waals surface area contributed by atoms with Crippen LogP contribution in [-0.4, -0.2) is 36.9 Å². The molecule has 0 saturated carbocycles. The zero-order chi connectivity index (χ0) is 15.4. The summed E-state index contributed by atoms with van der Waals surface area (Å²) in [6.45, 7) is 5.60. The van der Waals surface area contributed by atoms with Crippen molar-refractivity contribution in [1.29, 1.82) is 0 Å².